The van der Waals surface area contributed by atoms with Gasteiger partial charge in [-0.25, -0.2) is 9.20 Å². The number of aromatic nitrogens is 8. The van der Waals surface area contributed by atoms with E-state index in [1.165, 1.54) is 4.52 Å². The summed E-state index contributed by atoms with van der Waals surface area (Å²) in [6, 6.07) is 8.46. The second-order valence-corrected chi connectivity index (χ2v) is 6.72. The molecule has 0 saturated carbocycles. The molecule has 0 unspecified atom stereocenters. The van der Waals surface area contributed by atoms with Crippen LogP contribution in [0.3, 0.4) is 0 Å². The summed E-state index contributed by atoms with van der Waals surface area (Å²) in [5.41, 5.74) is 12.1. The number of nitrogen functional groups attached to an aromatic ring is 2. The molecule has 0 radical (unpaired) electrons. The number of anilines is 2. The topological polar surface area (TPSA) is 130 Å². The zero-order chi connectivity index (χ0) is 19.8. The molecule has 0 atom stereocenters. The van der Waals surface area contributed by atoms with Crippen LogP contribution in [-0.2, 0) is 0 Å². The highest BCUT2D eigenvalue weighted by Crippen LogP contribution is 2.19. The van der Waals surface area contributed by atoms with Crippen molar-refractivity contribution in [3.05, 3.63) is 57.9 Å². The van der Waals surface area contributed by atoms with Crippen LogP contribution in [0.1, 0.15) is 0 Å². The first-order valence-electron chi connectivity index (χ1n) is 7.70. The van der Waals surface area contributed by atoms with E-state index in [4.69, 9.17) is 46.3 Å². The summed E-state index contributed by atoms with van der Waals surface area (Å²) in [7, 11) is 0. The molecule has 10 nitrogen and oxygen atoms in total. The maximum absolute atomic E-state index is 5.99. The lowest BCUT2D eigenvalue weighted by Gasteiger charge is -2.03. The highest BCUT2D eigenvalue weighted by molar-refractivity contribution is 6.34. The molecule has 5 heterocycles. The fraction of sp³-hybridized carbons (Fsp3) is 0. The van der Waals surface area contributed by atoms with E-state index in [0.29, 0.717) is 32.3 Å². The molecule has 5 aromatic heterocycles. The van der Waals surface area contributed by atoms with Gasteiger partial charge in [-0.3, -0.25) is 0 Å². The first-order chi connectivity index (χ1) is 13.4. The standard InChI is InChI=1S/C9H7ClN6.C6H4Cl2N4/c10-6-4-7-13-9(11)14-16(7)8(5-6)15-3-1-2-12-15;7-3-1-4(8)12-5(2-3)10-6(9)11-12/h1-5H,(H2,11,14);1-2H,(H2,9,11). The number of rotatable bonds is 1. The van der Waals surface area contributed by atoms with Gasteiger partial charge in [0, 0.05) is 40.6 Å². The fourth-order valence-corrected chi connectivity index (χ4v) is 3.14. The number of nitrogens with zero attached hydrogens (tertiary/aromatic N) is 8. The van der Waals surface area contributed by atoms with E-state index in [-0.39, 0.29) is 11.9 Å². The third-order valence-electron chi connectivity index (χ3n) is 3.51. The van der Waals surface area contributed by atoms with Crippen molar-refractivity contribution in [2.45, 2.75) is 0 Å². The Morgan fingerprint density at radius 2 is 1.39 bits per heavy atom. The maximum Gasteiger partial charge on any atom is 0.240 e. The number of pyridine rings is 2. The minimum absolute atomic E-state index is 0.180. The Morgan fingerprint density at radius 3 is 2.04 bits per heavy atom. The van der Waals surface area contributed by atoms with E-state index < -0.39 is 0 Å². The molecule has 0 aliphatic heterocycles. The van der Waals surface area contributed by atoms with Crippen molar-refractivity contribution in [1.82, 2.24) is 39.0 Å². The Kier molecular flexibility index (Phi) is 4.67. The molecule has 0 saturated heterocycles. The van der Waals surface area contributed by atoms with Gasteiger partial charge in [-0.15, -0.1) is 10.2 Å². The molecule has 0 spiro atoms. The van der Waals surface area contributed by atoms with Gasteiger partial charge in [-0.2, -0.15) is 19.6 Å². The van der Waals surface area contributed by atoms with Crippen LogP contribution in [0.5, 0.6) is 0 Å². The van der Waals surface area contributed by atoms with E-state index >= 15 is 0 Å². The van der Waals surface area contributed by atoms with Crippen LogP contribution in [-0.4, -0.2) is 39.0 Å². The number of halogens is 3. The largest absolute Gasteiger partial charge is 0.366 e. The lowest BCUT2D eigenvalue weighted by molar-refractivity contribution is 0.791. The first kappa shape index (κ1) is 18.3. The van der Waals surface area contributed by atoms with Crippen molar-refractivity contribution < 1.29 is 0 Å². The molecule has 13 heteroatoms. The van der Waals surface area contributed by atoms with Gasteiger partial charge in [-0.1, -0.05) is 34.8 Å². The Morgan fingerprint density at radius 1 is 0.786 bits per heavy atom. The fourth-order valence-electron chi connectivity index (χ4n) is 2.45. The van der Waals surface area contributed by atoms with Crippen molar-refractivity contribution in [3.8, 4) is 5.82 Å². The van der Waals surface area contributed by atoms with Crippen LogP contribution in [0.2, 0.25) is 15.2 Å². The van der Waals surface area contributed by atoms with Crippen LogP contribution in [0.25, 0.3) is 17.1 Å². The van der Waals surface area contributed by atoms with Crippen molar-refractivity contribution in [1.29, 1.82) is 0 Å². The number of nitrogens with two attached hydrogens (primary N) is 2. The van der Waals surface area contributed by atoms with Crippen LogP contribution in [0.4, 0.5) is 11.9 Å². The molecule has 4 N–H and O–H groups in total. The lowest BCUT2D eigenvalue weighted by atomic mass is 10.4. The molecular weight excluding hydrogens is 427 g/mol. The summed E-state index contributed by atoms with van der Waals surface area (Å²) in [6.07, 6.45) is 3.47. The first-order valence-corrected chi connectivity index (χ1v) is 8.83. The van der Waals surface area contributed by atoms with E-state index in [2.05, 4.69) is 25.3 Å². The van der Waals surface area contributed by atoms with Gasteiger partial charge >= 0.3 is 0 Å². The third kappa shape index (κ3) is 3.52. The number of hydrogen-bond donors (Lipinski definition) is 2. The average molecular weight is 438 g/mol. The average Bonchev–Trinajstić information content (AvgIpc) is 3.33. The highest BCUT2D eigenvalue weighted by Gasteiger charge is 2.09. The molecule has 0 amide bonds. The van der Waals surface area contributed by atoms with Gasteiger partial charge in [0.2, 0.25) is 11.9 Å². The summed E-state index contributed by atoms with van der Waals surface area (Å²) < 4.78 is 4.66. The van der Waals surface area contributed by atoms with Gasteiger partial charge in [0.05, 0.1) is 0 Å². The Hall–Kier alpha value is -3.08. The van der Waals surface area contributed by atoms with E-state index in [1.807, 2.05) is 6.07 Å². The van der Waals surface area contributed by atoms with Crippen molar-refractivity contribution in [2.75, 3.05) is 11.5 Å². The van der Waals surface area contributed by atoms with Crippen LogP contribution >= 0.6 is 34.8 Å². The molecule has 28 heavy (non-hydrogen) atoms. The van der Waals surface area contributed by atoms with Crippen molar-refractivity contribution in [3.63, 3.8) is 0 Å². The molecule has 142 valence electrons. The molecule has 0 aliphatic carbocycles. The third-order valence-corrected chi connectivity index (χ3v) is 4.22. The smallest absolute Gasteiger partial charge is 0.240 e. The molecule has 0 aromatic carbocycles. The van der Waals surface area contributed by atoms with Gasteiger partial charge in [0.25, 0.3) is 0 Å². The second kappa shape index (κ2) is 7.15. The summed E-state index contributed by atoms with van der Waals surface area (Å²) in [5.74, 6) is 1.08. The summed E-state index contributed by atoms with van der Waals surface area (Å²) in [4.78, 5) is 7.94. The van der Waals surface area contributed by atoms with E-state index in [9.17, 15) is 0 Å². The number of hydrogen-bond acceptors (Lipinski definition) is 7. The Labute approximate surface area is 172 Å². The Balaban J connectivity index is 0.000000143. The normalized spacial score (nSPS) is 11.0. The predicted molar refractivity (Wildman–Crippen MR) is 107 cm³/mol. The van der Waals surface area contributed by atoms with Crippen molar-refractivity contribution >= 4 is 58.0 Å². The minimum Gasteiger partial charge on any atom is -0.366 e. The molecule has 0 fully saturated rings. The molecule has 0 bridgehead atoms. The predicted octanol–water partition coefficient (Wildman–Crippen LogP) is 2.77. The minimum atomic E-state index is 0.180. The van der Waals surface area contributed by atoms with Crippen LogP contribution < -0.4 is 11.5 Å². The number of fused-ring (bicyclic) bond motifs is 2. The second-order valence-electron chi connectivity index (χ2n) is 5.46. The quantitative estimate of drug-likeness (QED) is 0.385. The molecule has 5 rings (SSSR count). The van der Waals surface area contributed by atoms with Gasteiger partial charge in [-0.05, 0) is 12.1 Å². The SMILES string of the molecule is Nc1nc2cc(Cl)cc(-n3cccn3)n2n1.Nc1nc2cc(Cl)cc(Cl)n2n1. The van der Waals surface area contributed by atoms with Gasteiger partial charge < -0.3 is 11.5 Å². The summed E-state index contributed by atoms with van der Waals surface area (Å²) >= 11 is 17.5. The monoisotopic (exact) mass is 436 g/mol. The lowest BCUT2D eigenvalue weighted by Crippen LogP contribution is -2.04. The Bertz CT molecular complexity index is 1270. The molecular formula is C15H11Cl3N10. The molecule has 5 aromatic rings. The van der Waals surface area contributed by atoms with Gasteiger partial charge in [0.15, 0.2) is 17.1 Å². The van der Waals surface area contributed by atoms with Crippen LogP contribution in [0.15, 0.2) is 42.7 Å². The zero-order valence-corrected chi connectivity index (χ0v) is 16.2. The van der Waals surface area contributed by atoms with Crippen molar-refractivity contribution in [2.24, 2.45) is 0 Å². The zero-order valence-electron chi connectivity index (χ0n) is 13.9. The van der Waals surface area contributed by atoms with E-state index in [1.54, 1.807) is 45.9 Å². The van der Waals surface area contributed by atoms with Gasteiger partial charge in [0.1, 0.15) is 5.15 Å². The molecule has 0 aliphatic rings. The van der Waals surface area contributed by atoms with E-state index in [0.717, 1.165) is 0 Å². The maximum atomic E-state index is 5.99. The summed E-state index contributed by atoms with van der Waals surface area (Å²) in [5, 5.41) is 13.5. The highest BCUT2D eigenvalue weighted by atomic mass is 35.5. The van der Waals surface area contributed by atoms with Crippen LogP contribution in [0, 0.1) is 0 Å². The summed E-state index contributed by atoms with van der Waals surface area (Å²) in [6.45, 7) is 0.